The van der Waals surface area contributed by atoms with Crippen molar-refractivity contribution < 1.29 is 13.2 Å². The fourth-order valence-electron chi connectivity index (χ4n) is 2.98. The molecule has 1 aliphatic heterocycles. The maximum Gasteiger partial charge on any atom is 0.235 e. The molecule has 28 heavy (non-hydrogen) atoms. The predicted octanol–water partition coefficient (Wildman–Crippen LogP) is 3.92. The number of thioether (sulfide) groups is 1. The first kappa shape index (κ1) is 21.2. The van der Waals surface area contributed by atoms with E-state index in [9.17, 15) is 13.2 Å². The van der Waals surface area contributed by atoms with Gasteiger partial charge < -0.3 is 5.32 Å². The summed E-state index contributed by atoms with van der Waals surface area (Å²) in [6, 6.07) is 8.95. The van der Waals surface area contributed by atoms with Crippen molar-refractivity contribution >= 4 is 44.9 Å². The number of amides is 1. The molecule has 152 valence electrons. The van der Waals surface area contributed by atoms with Crippen molar-refractivity contribution in [2.75, 3.05) is 22.6 Å². The molecule has 1 aliphatic rings. The molecular weight excluding hydrogens is 418 g/mol. The van der Waals surface area contributed by atoms with Gasteiger partial charge in [-0.3, -0.25) is 4.79 Å². The number of sulfone groups is 1. The molecule has 0 aliphatic carbocycles. The molecule has 1 atom stereocenters. The number of nitrogens with one attached hydrogen (secondary N) is 1. The van der Waals surface area contributed by atoms with E-state index in [1.54, 1.807) is 10.7 Å². The second-order valence-corrected chi connectivity index (χ2v) is 11.6. The monoisotopic (exact) mass is 441 g/mol. The Bertz CT molecular complexity index is 981. The second-order valence-electron chi connectivity index (χ2n) is 7.93. The van der Waals surface area contributed by atoms with E-state index in [4.69, 9.17) is 11.6 Å². The highest BCUT2D eigenvalue weighted by atomic mass is 35.5. The number of benzene rings is 1. The third-order valence-electron chi connectivity index (χ3n) is 4.52. The van der Waals surface area contributed by atoms with Gasteiger partial charge in [0.15, 0.2) is 9.84 Å². The van der Waals surface area contributed by atoms with Gasteiger partial charge in [-0.25, -0.2) is 13.1 Å². The lowest BCUT2D eigenvalue weighted by Crippen LogP contribution is -2.21. The van der Waals surface area contributed by atoms with Crippen molar-refractivity contribution in [1.82, 2.24) is 9.78 Å². The van der Waals surface area contributed by atoms with Crippen molar-refractivity contribution in [2.24, 2.45) is 0 Å². The average Bonchev–Trinajstić information content (AvgIpc) is 3.17. The Morgan fingerprint density at radius 3 is 2.68 bits per heavy atom. The molecule has 9 heteroatoms. The molecule has 1 aromatic heterocycles. The van der Waals surface area contributed by atoms with E-state index in [1.165, 1.54) is 11.8 Å². The van der Waals surface area contributed by atoms with Crippen LogP contribution in [0.2, 0.25) is 5.02 Å². The number of carbonyl (C=O) groups is 1. The predicted molar refractivity (Wildman–Crippen MR) is 114 cm³/mol. The Hall–Kier alpha value is -1.51. The topological polar surface area (TPSA) is 81.1 Å². The lowest BCUT2D eigenvalue weighted by Gasteiger charge is -2.15. The standard InChI is InChI=1S/C19H24ClN3O3S2/c1-19(2,3)16-10-17(23(22-16)13-8-9-28(25,26)12-13)21-18(24)11-27-15-7-5-4-6-14(15)20/h4-7,10,13H,8-9,11-12H2,1-3H3,(H,21,24)/t13-/m0/s1. The molecule has 2 heterocycles. The van der Waals surface area contributed by atoms with Gasteiger partial charge in [0.05, 0.1) is 34.0 Å². The zero-order valence-corrected chi connectivity index (χ0v) is 18.5. The zero-order chi connectivity index (χ0) is 20.5. The molecule has 1 amide bonds. The quantitative estimate of drug-likeness (QED) is 0.711. The Kier molecular flexibility index (Phi) is 6.12. The van der Waals surface area contributed by atoms with Crippen molar-refractivity contribution in [1.29, 1.82) is 0 Å². The highest BCUT2D eigenvalue weighted by Gasteiger charge is 2.32. The molecular formula is C19H24ClN3O3S2. The highest BCUT2D eigenvalue weighted by Crippen LogP contribution is 2.31. The molecule has 0 unspecified atom stereocenters. The Morgan fingerprint density at radius 1 is 1.36 bits per heavy atom. The van der Waals surface area contributed by atoms with Crippen molar-refractivity contribution in [3.63, 3.8) is 0 Å². The lowest BCUT2D eigenvalue weighted by molar-refractivity contribution is -0.113. The molecule has 0 radical (unpaired) electrons. The number of aromatic nitrogens is 2. The van der Waals surface area contributed by atoms with E-state index in [-0.39, 0.29) is 34.6 Å². The fourth-order valence-corrected chi connectivity index (χ4v) is 5.72. The van der Waals surface area contributed by atoms with Crippen LogP contribution in [0.1, 0.15) is 38.9 Å². The molecule has 1 N–H and O–H groups in total. The van der Waals surface area contributed by atoms with E-state index >= 15 is 0 Å². The molecule has 1 aromatic carbocycles. The van der Waals surface area contributed by atoms with Crippen LogP contribution in [-0.4, -0.2) is 41.4 Å². The second kappa shape index (κ2) is 8.08. The minimum atomic E-state index is -3.06. The van der Waals surface area contributed by atoms with Gasteiger partial charge in [-0.05, 0) is 18.6 Å². The van der Waals surface area contributed by atoms with Gasteiger partial charge >= 0.3 is 0 Å². The molecule has 3 rings (SSSR count). The van der Waals surface area contributed by atoms with Crippen molar-refractivity contribution in [3.05, 3.63) is 41.0 Å². The minimum Gasteiger partial charge on any atom is -0.310 e. The summed E-state index contributed by atoms with van der Waals surface area (Å²) >= 11 is 7.49. The summed E-state index contributed by atoms with van der Waals surface area (Å²) in [5.41, 5.74) is 0.597. The molecule has 0 saturated carbocycles. The Labute approximate surface area is 175 Å². The highest BCUT2D eigenvalue weighted by molar-refractivity contribution is 8.00. The van der Waals surface area contributed by atoms with Crippen LogP contribution in [-0.2, 0) is 20.0 Å². The van der Waals surface area contributed by atoms with E-state index < -0.39 is 9.84 Å². The first-order valence-corrected chi connectivity index (χ1v) is 12.2. The third-order valence-corrected chi connectivity index (χ3v) is 7.79. The molecule has 0 spiro atoms. The third kappa shape index (κ3) is 5.10. The van der Waals surface area contributed by atoms with Crippen LogP contribution >= 0.6 is 23.4 Å². The van der Waals surface area contributed by atoms with Crippen LogP contribution in [0.15, 0.2) is 35.2 Å². The van der Waals surface area contributed by atoms with E-state index in [0.717, 1.165) is 10.6 Å². The largest absolute Gasteiger partial charge is 0.310 e. The van der Waals surface area contributed by atoms with Crippen LogP contribution in [0.5, 0.6) is 0 Å². The summed E-state index contributed by atoms with van der Waals surface area (Å²) in [5, 5.41) is 8.13. The average molecular weight is 442 g/mol. The van der Waals surface area contributed by atoms with Gasteiger partial charge in [0.1, 0.15) is 5.82 Å². The first-order valence-electron chi connectivity index (χ1n) is 9.03. The SMILES string of the molecule is CC(C)(C)c1cc(NC(=O)CSc2ccccc2Cl)n([C@H]2CCS(=O)(=O)C2)n1. The summed E-state index contributed by atoms with van der Waals surface area (Å²) in [7, 11) is -3.06. The number of rotatable bonds is 5. The van der Waals surface area contributed by atoms with Crippen LogP contribution in [0.25, 0.3) is 0 Å². The fraction of sp³-hybridized carbons (Fsp3) is 0.474. The molecule has 2 aromatic rings. The number of hydrogen-bond donors (Lipinski definition) is 1. The maximum absolute atomic E-state index is 12.5. The van der Waals surface area contributed by atoms with E-state index in [1.807, 2.05) is 45.0 Å². The number of nitrogens with zero attached hydrogens (tertiary/aromatic N) is 2. The summed E-state index contributed by atoms with van der Waals surface area (Å²) in [6.45, 7) is 6.09. The summed E-state index contributed by atoms with van der Waals surface area (Å²) < 4.78 is 25.5. The first-order chi connectivity index (χ1) is 13.0. The van der Waals surface area contributed by atoms with Gasteiger partial charge in [-0.2, -0.15) is 5.10 Å². The van der Waals surface area contributed by atoms with Gasteiger partial charge in [0.25, 0.3) is 0 Å². The lowest BCUT2D eigenvalue weighted by atomic mass is 9.92. The Morgan fingerprint density at radius 2 is 2.07 bits per heavy atom. The number of hydrogen-bond acceptors (Lipinski definition) is 5. The van der Waals surface area contributed by atoms with Crippen molar-refractivity contribution in [3.8, 4) is 0 Å². The zero-order valence-electron chi connectivity index (χ0n) is 16.1. The van der Waals surface area contributed by atoms with E-state index in [0.29, 0.717) is 17.3 Å². The van der Waals surface area contributed by atoms with Crippen LogP contribution in [0.3, 0.4) is 0 Å². The molecule has 0 bridgehead atoms. The number of anilines is 1. The smallest absolute Gasteiger partial charge is 0.235 e. The number of carbonyl (C=O) groups excluding carboxylic acids is 1. The Balaban J connectivity index is 1.77. The van der Waals surface area contributed by atoms with Gasteiger partial charge in [-0.15, -0.1) is 11.8 Å². The number of halogens is 1. The van der Waals surface area contributed by atoms with Gasteiger partial charge in [-0.1, -0.05) is 44.5 Å². The van der Waals surface area contributed by atoms with Crippen molar-refractivity contribution in [2.45, 2.75) is 43.5 Å². The maximum atomic E-state index is 12.5. The molecule has 1 fully saturated rings. The van der Waals surface area contributed by atoms with Gasteiger partial charge in [0, 0.05) is 16.4 Å². The normalized spacial score (nSPS) is 18.9. The summed E-state index contributed by atoms with van der Waals surface area (Å²) in [4.78, 5) is 13.4. The van der Waals surface area contributed by atoms with Crippen LogP contribution in [0.4, 0.5) is 5.82 Å². The summed E-state index contributed by atoms with van der Waals surface area (Å²) in [5.74, 6) is 0.750. The molecule has 6 nitrogen and oxygen atoms in total. The molecule has 1 saturated heterocycles. The van der Waals surface area contributed by atoms with Crippen LogP contribution < -0.4 is 5.32 Å². The van der Waals surface area contributed by atoms with E-state index in [2.05, 4.69) is 10.4 Å². The van der Waals surface area contributed by atoms with Crippen LogP contribution in [0, 0.1) is 0 Å². The summed E-state index contributed by atoms with van der Waals surface area (Å²) in [6.07, 6.45) is 0.505. The minimum absolute atomic E-state index is 0.0511. The van der Waals surface area contributed by atoms with Gasteiger partial charge in [0.2, 0.25) is 5.91 Å².